The van der Waals surface area contributed by atoms with Crippen LogP contribution in [0.15, 0.2) is 218 Å². The highest BCUT2D eigenvalue weighted by Crippen LogP contribution is 2.58. The molecule has 0 unspecified atom stereocenters. The molecule has 0 bridgehead atoms. The lowest BCUT2D eigenvalue weighted by Crippen LogP contribution is -2.61. The Labute approximate surface area is 661 Å². The van der Waals surface area contributed by atoms with Crippen molar-refractivity contribution < 1.29 is 0 Å². The summed E-state index contributed by atoms with van der Waals surface area (Å²) in [5, 5.41) is 0. The second-order valence-electron chi connectivity index (χ2n) is 41.9. The predicted octanol–water partition coefficient (Wildman–Crippen LogP) is 27.8. The van der Waals surface area contributed by atoms with E-state index in [1.807, 2.05) is 0 Å². The number of hydrogen-bond acceptors (Lipinski definition) is 5. The van der Waals surface area contributed by atoms with E-state index < -0.39 is 0 Å². The summed E-state index contributed by atoms with van der Waals surface area (Å²) in [4.78, 5) is 13.3. The highest BCUT2D eigenvalue weighted by Gasteiger charge is 2.48. The van der Waals surface area contributed by atoms with Crippen LogP contribution in [0.3, 0.4) is 0 Å². The number of rotatable bonds is 7. The first kappa shape index (κ1) is 75.9. The fourth-order valence-electron chi connectivity index (χ4n) is 17.7. The van der Waals surface area contributed by atoms with Gasteiger partial charge in [-0.05, 0) is 236 Å². The van der Waals surface area contributed by atoms with Crippen LogP contribution in [0.2, 0.25) is 0 Å². The molecule has 564 valence electrons. The molecule has 11 aromatic rings. The van der Waals surface area contributed by atoms with E-state index in [4.69, 9.17) is 0 Å². The van der Waals surface area contributed by atoms with Gasteiger partial charge < -0.3 is 24.5 Å². The molecule has 4 heterocycles. The lowest BCUT2D eigenvalue weighted by molar-refractivity contribution is 0.567. The van der Waals surface area contributed by atoms with Gasteiger partial charge in [-0.15, -0.1) is 0 Å². The lowest BCUT2D eigenvalue weighted by Gasteiger charge is -2.47. The van der Waals surface area contributed by atoms with Crippen LogP contribution < -0.4 is 40.9 Å². The van der Waals surface area contributed by atoms with E-state index in [2.05, 4.69) is 437 Å². The predicted molar refractivity (Wildman–Crippen MR) is 478 cm³/mol. The summed E-state index contributed by atoms with van der Waals surface area (Å²) in [7, 11) is 0. The summed E-state index contributed by atoms with van der Waals surface area (Å²) in [6, 6.07) is 87.2. The second-order valence-corrected chi connectivity index (χ2v) is 41.9. The Balaban J connectivity index is 1.16. The van der Waals surface area contributed by atoms with E-state index in [0.717, 1.165) is 62.6 Å². The Morgan fingerprint density at radius 1 is 0.227 bits per heavy atom. The third-order valence-electron chi connectivity index (χ3n) is 24.7. The minimum atomic E-state index is -0.247. The van der Waals surface area contributed by atoms with E-state index in [9.17, 15) is 0 Å². The Hall–Kier alpha value is -9.52. The van der Waals surface area contributed by atoms with Crippen molar-refractivity contribution in [3.63, 3.8) is 0 Å². The van der Waals surface area contributed by atoms with Crippen molar-refractivity contribution in [1.82, 2.24) is 0 Å². The molecule has 110 heavy (non-hydrogen) atoms. The van der Waals surface area contributed by atoms with Gasteiger partial charge in [-0.2, -0.15) is 0 Å². The summed E-state index contributed by atoms with van der Waals surface area (Å²) in [6.07, 6.45) is 0. The van der Waals surface area contributed by atoms with Gasteiger partial charge in [-0.25, -0.2) is 0 Å². The lowest BCUT2D eigenvalue weighted by atomic mass is 9.33. The molecule has 11 aromatic carbocycles. The first-order valence-corrected chi connectivity index (χ1v) is 40.6. The Kier molecular flexibility index (Phi) is 17.6. The number of hydrogen-bond donors (Lipinski definition) is 0. The van der Waals surface area contributed by atoms with Crippen LogP contribution in [0.1, 0.15) is 261 Å². The van der Waals surface area contributed by atoms with Crippen LogP contribution in [0.4, 0.5) is 85.3 Å². The van der Waals surface area contributed by atoms with Gasteiger partial charge in [0, 0.05) is 67.7 Å². The highest BCUT2D eigenvalue weighted by atomic mass is 15.2. The second kappa shape index (κ2) is 25.5. The standard InChI is InChI=1S/C104H120BN5/c1-95(2,3)65-49-66(96(4,5)6)54-75(53-65)106(76-55-67(97(7,8)9)50-68(56-76)98(10,11)12)79-63-92-94-93(64-79)110(78-59-71(101(19,20)21)52-72(60-78)102(22,23)24)91-62-74(108-88-43-35-31-39-82(88)104(27,28)83-40-32-36-44-89(83)108)46-48-85(91)105(94)84-47-45-73(107-86-41-33-29-37-80(86)103(25,26)81-38-30-34-42-87(81)107)61-90(84)109(92)77-57-69(99(13,14)15)51-70(58-77)100(16,17)18/h29-64H,1-28H3. The molecule has 0 fully saturated rings. The molecule has 4 aliphatic rings. The van der Waals surface area contributed by atoms with Crippen LogP contribution in [0, 0.1) is 0 Å². The van der Waals surface area contributed by atoms with Crippen molar-refractivity contribution in [2.24, 2.45) is 0 Å². The van der Waals surface area contributed by atoms with E-state index >= 15 is 0 Å². The number of anilines is 15. The van der Waals surface area contributed by atoms with Gasteiger partial charge in [0.25, 0.3) is 6.71 Å². The van der Waals surface area contributed by atoms with Crippen LogP contribution in [0.5, 0.6) is 0 Å². The van der Waals surface area contributed by atoms with Crippen molar-refractivity contribution in [1.29, 1.82) is 0 Å². The molecule has 0 aliphatic carbocycles. The minimum Gasteiger partial charge on any atom is -0.311 e. The SMILES string of the molecule is CC(C)(C)c1cc(N(c2cc(C(C)(C)C)cc(C(C)(C)C)c2)c2cc3c4c(c2)N(c2cc(C(C)(C)C)cc(C(C)(C)C)c2)c2cc(N5c6ccccc6C(C)(C)c6ccccc65)ccc2B4c2ccc(N4c5ccccc5C(C)(C)c5ccccc54)cc2N3c2cc(C(C)(C)C)cc(C(C)(C)C)c2)cc(C(C)(C)C)c1. The molecule has 0 saturated carbocycles. The zero-order valence-electron chi connectivity index (χ0n) is 71.6. The molecule has 5 nitrogen and oxygen atoms in total. The zero-order valence-corrected chi connectivity index (χ0v) is 71.6. The average molecular weight is 1450 g/mol. The fourth-order valence-corrected chi connectivity index (χ4v) is 17.7. The molecule has 0 atom stereocenters. The van der Waals surface area contributed by atoms with E-state index in [1.54, 1.807) is 0 Å². The maximum absolute atomic E-state index is 2.73. The van der Waals surface area contributed by atoms with Crippen LogP contribution in [-0.4, -0.2) is 6.71 Å². The van der Waals surface area contributed by atoms with Crippen LogP contribution in [0.25, 0.3) is 0 Å². The first-order valence-electron chi connectivity index (χ1n) is 40.6. The third-order valence-corrected chi connectivity index (χ3v) is 24.7. The third kappa shape index (κ3) is 13.0. The molecule has 4 aliphatic heterocycles. The maximum Gasteiger partial charge on any atom is 0.252 e. The van der Waals surface area contributed by atoms with Crippen molar-refractivity contribution in [2.45, 2.75) is 248 Å². The number of para-hydroxylation sites is 4. The number of fused-ring (bicyclic) bond motifs is 8. The number of nitrogens with zero attached hydrogens (tertiary/aromatic N) is 5. The maximum atomic E-state index is 2.73. The molecule has 0 saturated heterocycles. The van der Waals surface area contributed by atoms with Gasteiger partial charge in [-0.1, -0.05) is 303 Å². The van der Waals surface area contributed by atoms with Gasteiger partial charge in [0.2, 0.25) is 0 Å². The van der Waals surface area contributed by atoms with E-state index in [-0.39, 0.29) is 60.9 Å². The Morgan fingerprint density at radius 2 is 0.455 bits per heavy atom. The molecule has 0 radical (unpaired) electrons. The van der Waals surface area contributed by atoms with Gasteiger partial charge in [0.05, 0.1) is 28.4 Å². The minimum absolute atomic E-state index is 0.182. The van der Waals surface area contributed by atoms with Crippen molar-refractivity contribution >= 4 is 108 Å². The molecule has 6 heteroatoms. The molecule has 0 spiro atoms. The van der Waals surface area contributed by atoms with Crippen molar-refractivity contribution in [2.75, 3.05) is 24.5 Å². The summed E-state index contributed by atoms with van der Waals surface area (Å²) >= 11 is 0. The smallest absolute Gasteiger partial charge is 0.252 e. The van der Waals surface area contributed by atoms with E-state index in [0.29, 0.717) is 0 Å². The van der Waals surface area contributed by atoms with Gasteiger partial charge in [-0.3, -0.25) is 0 Å². The average Bonchev–Trinajstić information content (AvgIpc) is 0.691. The molecule has 0 amide bonds. The Bertz CT molecular complexity index is 4940. The zero-order chi connectivity index (χ0) is 79.2. The largest absolute Gasteiger partial charge is 0.311 e. The summed E-state index contributed by atoms with van der Waals surface area (Å²) in [6.45, 7) is 66.7. The number of benzene rings is 11. The Morgan fingerprint density at radius 3 is 0.709 bits per heavy atom. The summed E-state index contributed by atoms with van der Waals surface area (Å²) in [5.74, 6) is 0. The summed E-state index contributed by atoms with van der Waals surface area (Å²) in [5.41, 5.74) is 34.7. The first-order chi connectivity index (χ1) is 51.1. The van der Waals surface area contributed by atoms with Crippen molar-refractivity contribution in [3.05, 3.63) is 285 Å². The van der Waals surface area contributed by atoms with Crippen LogP contribution >= 0.6 is 0 Å². The topological polar surface area (TPSA) is 16.2 Å². The summed E-state index contributed by atoms with van der Waals surface area (Å²) < 4.78 is 0. The molecular weight excluding hydrogens is 1330 g/mol. The highest BCUT2D eigenvalue weighted by molar-refractivity contribution is 7.00. The van der Waals surface area contributed by atoms with Gasteiger partial charge in [0.15, 0.2) is 0 Å². The molecular formula is C104H120BN5. The van der Waals surface area contributed by atoms with Crippen LogP contribution in [-0.2, 0) is 54.1 Å². The molecule has 0 N–H and O–H groups in total. The normalized spacial score (nSPS) is 15.3. The van der Waals surface area contributed by atoms with Gasteiger partial charge in [0.1, 0.15) is 0 Å². The quantitative estimate of drug-likeness (QED) is 0.147. The molecule has 0 aromatic heterocycles. The van der Waals surface area contributed by atoms with E-state index in [1.165, 1.54) is 106 Å². The molecule has 15 rings (SSSR count). The van der Waals surface area contributed by atoms with Crippen molar-refractivity contribution in [3.8, 4) is 0 Å². The fraction of sp³-hybridized carbons (Fsp3) is 0.365. The monoisotopic (exact) mass is 1450 g/mol. The van der Waals surface area contributed by atoms with Gasteiger partial charge >= 0.3 is 0 Å².